The van der Waals surface area contributed by atoms with E-state index in [-0.39, 0.29) is 0 Å². The molecule has 0 fully saturated rings. The fourth-order valence-corrected chi connectivity index (χ4v) is 3.09. The fourth-order valence-electron chi connectivity index (χ4n) is 1.86. The van der Waals surface area contributed by atoms with Gasteiger partial charge in [-0.05, 0) is 40.8 Å². The van der Waals surface area contributed by atoms with Gasteiger partial charge in [-0.25, -0.2) is 0 Å². The molecule has 1 aromatic heterocycles. The van der Waals surface area contributed by atoms with Crippen LogP contribution in [0, 0.1) is 11.3 Å². The smallest absolute Gasteiger partial charge is 0.103 e. The summed E-state index contributed by atoms with van der Waals surface area (Å²) < 4.78 is 0. The molecule has 4 heteroatoms. The van der Waals surface area contributed by atoms with Crippen molar-refractivity contribution in [1.29, 1.82) is 5.26 Å². The summed E-state index contributed by atoms with van der Waals surface area (Å²) in [5.74, 6) is 0. The van der Waals surface area contributed by atoms with Gasteiger partial charge < -0.3 is 4.90 Å². The van der Waals surface area contributed by atoms with Gasteiger partial charge in [0.1, 0.15) is 6.07 Å². The zero-order chi connectivity index (χ0) is 13.0. The van der Waals surface area contributed by atoms with Crippen LogP contribution in [0.15, 0.2) is 39.9 Å². The summed E-state index contributed by atoms with van der Waals surface area (Å²) in [4.78, 5) is 3.16. The Kier molecular flexibility index (Phi) is 4.29. The second-order valence-electron chi connectivity index (χ2n) is 3.95. The Bertz CT molecular complexity index is 556. The SMILES string of the molecule is CSc1cccc(N(C)Cc2ccsc2)c1C#N. The number of benzene rings is 1. The van der Waals surface area contributed by atoms with E-state index in [1.54, 1.807) is 23.1 Å². The summed E-state index contributed by atoms with van der Waals surface area (Å²) in [6, 6.07) is 10.4. The van der Waals surface area contributed by atoms with Crippen LogP contribution in [-0.4, -0.2) is 13.3 Å². The molecule has 0 spiro atoms. The van der Waals surface area contributed by atoms with Gasteiger partial charge in [-0.3, -0.25) is 0 Å². The Morgan fingerprint density at radius 2 is 2.22 bits per heavy atom. The maximum absolute atomic E-state index is 9.32. The summed E-state index contributed by atoms with van der Waals surface area (Å²) in [6.45, 7) is 0.829. The fraction of sp³-hybridized carbons (Fsp3) is 0.214. The lowest BCUT2D eigenvalue weighted by Crippen LogP contribution is -2.17. The molecule has 0 saturated carbocycles. The lowest BCUT2D eigenvalue weighted by molar-refractivity contribution is 0.922. The third-order valence-corrected chi connectivity index (χ3v) is 4.26. The number of hydrogen-bond acceptors (Lipinski definition) is 4. The van der Waals surface area contributed by atoms with Gasteiger partial charge in [0, 0.05) is 18.5 Å². The van der Waals surface area contributed by atoms with Crippen LogP contribution in [0.2, 0.25) is 0 Å². The number of anilines is 1. The zero-order valence-corrected chi connectivity index (χ0v) is 12.0. The van der Waals surface area contributed by atoms with Crippen molar-refractivity contribution in [2.45, 2.75) is 11.4 Å². The molecule has 0 aliphatic rings. The molecule has 0 unspecified atom stereocenters. The molecule has 2 rings (SSSR count). The molecule has 18 heavy (non-hydrogen) atoms. The van der Waals surface area contributed by atoms with Crippen LogP contribution in [-0.2, 0) is 6.54 Å². The van der Waals surface area contributed by atoms with Gasteiger partial charge in [-0.15, -0.1) is 11.8 Å². The maximum Gasteiger partial charge on any atom is 0.103 e. The first-order valence-electron chi connectivity index (χ1n) is 5.55. The first-order valence-corrected chi connectivity index (χ1v) is 7.72. The second kappa shape index (κ2) is 5.94. The molecule has 0 aliphatic carbocycles. The van der Waals surface area contributed by atoms with Crippen molar-refractivity contribution < 1.29 is 0 Å². The second-order valence-corrected chi connectivity index (χ2v) is 5.58. The van der Waals surface area contributed by atoms with Crippen LogP contribution in [0.3, 0.4) is 0 Å². The quantitative estimate of drug-likeness (QED) is 0.789. The topological polar surface area (TPSA) is 27.0 Å². The summed E-state index contributed by atoms with van der Waals surface area (Å²) in [7, 11) is 2.03. The van der Waals surface area contributed by atoms with Crippen molar-refractivity contribution in [1.82, 2.24) is 0 Å². The average Bonchev–Trinajstić information content (AvgIpc) is 2.90. The highest BCUT2D eigenvalue weighted by Crippen LogP contribution is 2.29. The van der Waals surface area contributed by atoms with E-state index < -0.39 is 0 Å². The van der Waals surface area contributed by atoms with Gasteiger partial charge in [-0.2, -0.15) is 16.6 Å². The van der Waals surface area contributed by atoms with Crippen molar-refractivity contribution in [2.24, 2.45) is 0 Å². The van der Waals surface area contributed by atoms with Crippen molar-refractivity contribution in [3.8, 4) is 6.07 Å². The number of hydrogen-bond donors (Lipinski definition) is 0. The molecule has 0 bridgehead atoms. The van der Waals surface area contributed by atoms with Crippen LogP contribution < -0.4 is 4.90 Å². The normalized spacial score (nSPS) is 10.1. The average molecular weight is 274 g/mol. The van der Waals surface area contributed by atoms with Crippen LogP contribution in [0.4, 0.5) is 5.69 Å². The van der Waals surface area contributed by atoms with Crippen molar-refractivity contribution in [3.63, 3.8) is 0 Å². The van der Waals surface area contributed by atoms with E-state index in [9.17, 15) is 5.26 Å². The zero-order valence-electron chi connectivity index (χ0n) is 10.4. The van der Waals surface area contributed by atoms with E-state index in [4.69, 9.17) is 0 Å². The summed E-state index contributed by atoms with van der Waals surface area (Å²) in [5, 5.41) is 13.5. The van der Waals surface area contributed by atoms with Crippen LogP contribution in [0.25, 0.3) is 0 Å². The number of thioether (sulfide) groups is 1. The molecule has 0 amide bonds. The third kappa shape index (κ3) is 2.69. The number of nitriles is 1. The van der Waals surface area contributed by atoms with Gasteiger partial charge in [0.15, 0.2) is 0 Å². The van der Waals surface area contributed by atoms with E-state index in [1.807, 2.05) is 31.5 Å². The van der Waals surface area contributed by atoms with E-state index >= 15 is 0 Å². The van der Waals surface area contributed by atoms with Gasteiger partial charge in [0.05, 0.1) is 11.3 Å². The predicted molar refractivity (Wildman–Crippen MR) is 79.4 cm³/mol. The minimum atomic E-state index is 0.766. The van der Waals surface area contributed by atoms with Gasteiger partial charge in [0.25, 0.3) is 0 Å². The number of thiophene rings is 1. The Morgan fingerprint density at radius 3 is 2.83 bits per heavy atom. The molecular formula is C14H14N2S2. The van der Waals surface area contributed by atoms with Crippen molar-refractivity contribution >= 4 is 28.8 Å². The largest absolute Gasteiger partial charge is 0.369 e. The monoisotopic (exact) mass is 274 g/mol. The molecule has 0 atom stereocenters. The van der Waals surface area contributed by atoms with E-state index in [0.717, 1.165) is 22.7 Å². The van der Waals surface area contributed by atoms with E-state index in [1.165, 1.54) is 5.56 Å². The lowest BCUT2D eigenvalue weighted by Gasteiger charge is -2.21. The third-order valence-electron chi connectivity index (χ3n) is 2.75. The molecule has 1 heterocycles. The van der Waals surface area contributed by atoms with Crippen LogP contribution in [0.5, 0.6) is 0 Å². The Labute approximate surface area is 116 Å². The molecule has 2 aromatic rings. The molecule has 0 saturated heterocycles. The Hall–Kier alpha value is -1.44. The maximum atomic E-state index is 9.32. The predicted octanol–water partition coefficient (Wildman–Crippen LogP) is 3.98. The first kappa shape index (κ1) is 13.0. The molecular weight excluding hydrogens is 260 g/mol. The Balaban J connectivity index is 2.30. The standard InChI is InChI=1S/C14H14N2S2/c1-16(9-11-6-7-18-10-11)13-4-3-5-14(17-2)12(13)8-15/h3-7,10H,9H2,1-2H3. The highest BCUT2D eigenvalue weighted by atomic mass is 32.2. The van der Waals surface area contributed by atoms with Gasteiger partial charge in [-0.1, -0.05) is 6.07 Å². The van der Waals surface area contributed by atoms with E-state index in [2.05, 4.69) is 27.8 Å². The highest BCUT2D eigenvalue weighted by molar-refractivity contribution is 7.98. The number of rotatable bonds is 4. The number of nitrogens with zero attached hydrogens (tertiary/aromatic N) is 2. The van der Waals surface area contributed by atoms with Crippen molar-refractivity contribution in [2.75, 3.05) is 18.2 Å². The Morgan fingerprint density at radius 1 is 1.39 bits per heavy atom. The summed E-state index contributed by atoms with van der Waals surface area (Å²) in [5.41, 5.74) is 3.04. The van der Waals surface area contributed by atoms with Crippen molar-refractivity contribution in [3.05, 3.63) is 46.2 Å². The van der Waals surface area contributed by atoms with Crippen LogP contribution in [0.1, 0.15) is 11.1 Å². The summed E-state index contributed by atoms with van der Waals surface area (Å²) in [6.07, 6.45) is 2.00. The lowest BCUT2D eigenvalue weighted by atomic mass is 10.1. The molecule has 0 radical (unpaired) electrons. The summed E-state index contributed by atoms with van der Waals surface area (Å²) >= 11 is 3.31. The van der Waals surface area contributed by atoms with Gasteiger partial charge >= 0.3 is 0 Å². The minimum Gasteiger partial charge on any atom is -0.369 e. The molecule has 1 aromatic carbocycles. The minimum absolute atomic E-state index is 0.766. The van der Waals surface area contributed by atoms with E-state index in [0.29, 0.717) is 0 Å². The molecule has 0 N–H and O–H groups in total. The van der Waals surface area contributed by atoms with Gasteiger partial charge in [0.2, 0.25) is 0 Å². The van der Waals surface area contributed by atoms with Crippen LogP contribution >= 0.6 is 23.1 Å². The first-order chi connectivity index (χ1) is 8.76. The molecule has 0 aliphatic heterocycles. The molecule has 92 valence electrons. The highest BCUT2D eigenvalue weighted by Gasteiger charge is 2.11. The molecule has 2 nitrogen and oxygen atoms in total.